The van der Waals surface area contributed by atoms with E-state index in [1.165, 1.54) is 0 Å². The Morgan fingerprint density at radius 2 is 1.66 bits per heavy atom. The molecule has 0 aliphatic carbocycles. The minimum atomic E-state index is -3.56. The first-order valence-corrected chi connectivity index (χ1v) is 11.2. The third-order valence-corrected chi connectivity index (χ3v) is 7.56. The van der Waals surface area contributed by atoms with Crippen molar-refractivity contribution < 1.29 is 18.3 Å². The quantitative estimate of drug-likeness (QED) is 0.690. The third-order valence-electron chi connectivity index (χ3n) is 5.60. The topological polar surface area (TPSA) is 74.7 Å². The van der Waals surface area contributed by atoms with Gasteiger partial charge in [0.1, 0.15) is 0 Å². The lowest BCUT2D eigenvalue weighted by molar-refractivity contribution is -0.136. The normalized spacial score (nSPS) is 16.1. The number of hydrogen-bond acceptors (Lipinski definition) is 3. The van der Waals surface area contributed by atoms with Crippen LogP contribution in [0.4, 0.5) is 0 Å². The molecule has 0 atom stereocenters. The monoisotopic (exact) mass is 409 g/mol. The third kappa shape index (κ3) is 4.04. The molecule has 1 aliphatic rings. The zero-order chi connectivity index (χ0) is 20.4. The maximum atomic E-state index is 13.3. The van der Waals surface area contributed by atoms with Gasteiger partial charge in [-0.2, -0.15) is 4.31 Å². The minimum Gasteiger partial charge on any atom is -0.481 e. The van der Waals surface area contributed by atoms with Gasteiger partial charge in [-0.1, -0.05) is 60.7 Å². The molecule has 1 heterocycles. The van der Waals surface area contributed by atoms with E-state index in [0.29, 0.717) is 18.0 Å². The first-order valence-electron chi connectivity index (χ1n) is 9.74. The van der Waals surface area contributed by atoms with Crippen molar-refractivity contribution in [3.05, 3.63) is 77.9 Å². The summed E-state index contributed by atoms with van der Waals surface area (Å²) < 4.78 is 28.1. The van der Waals surface area contributed by atoms with Crippen molar-refractivity contribution in [2.75, 3.05) is 13.1 Å². The standard InChI is InChI=1S/C23H23NO4S/c25-23(26)16-17-5-3-8-20(15-17)18-11-13-24(14-12-18)29(27,28)22-10-4-7-19-6-1-2-9-21(19)22/h1-10,15,18H,11-14,16H2,(H,25,26). The van der Waals surface area contributed by atoms with Gasteiger partial charge in [-0.05, 0) is 41.3 Å². The molecule has 150 valence electrons. The van der Waals surface area contributed by atoms with E-state index >= 15 is 0 Å². The van der Waals surface area contributed by atoms with Gasteiger partial charge in [-0.25, -0.2) is 8.42 Å². The highest BCUT2D eigenvalue weighted by molar-refractivity contribution is 7.89. The van der Waals surface area contributed by atoms with Crippen LogP contribution in [0.25, 0.3) is 10.8 Å². The number of fused-ring (bicyclic) bond motifs is 1. The Balaban J connectivity index is 1.53. The summed E-state index contributed by atoms with van der Waals surface area (Å²) in [6.45, 7) is 0.915. The van der Waals surface area contributed by atoms with Crippen LogP contribution in [-0.4, -0.2) is 36.9 Å². The zero-order valence-corrected chi connectivity index (χ0v) is 16.8. The summed E-state index contributed by atoms with van der Waals surface area (Å²) in [5, 5.41) is 10.7. The van der Waals surface area contributed by atoms with Crippen LogP contribution in [0.5, 0.6) is 0 Å². The van der Waals surface area contributed by atoms with E-state index in [1.807, 2.05) is 54.6 Å². The predicted octanol–water partition coefficient (Wildman–Crippen LogP) is 4.04. The maximum Gasteiger partial charge on any atom is 0.307 e. The van der Waals surface area contributed by atoms with Crippen LogP contribution < -0.4 is 0 Å². The van der Waals surface area contributed by atoms with E-state index in [2.05, 4.69) is 0 Å². The molecule has 0 spiro atoms. The van der Waals surface area contributed by atoms with Gasteiger partial charge < -0.3 is 5.11 Å². The van der Waals surface area contributed by atoms with Crippen molar-refractivity contribution in [3.63, 3.8) is 0 Å². The first-order chi connectivity index (χ1) is 13.9. The second-order valence-electron chi connectivity index (χ2n) is 7.47. The predicted molar refractivity (Wildman–Crippen MR) is 112 cm³/mol. The van der Waals surface area contributed by atoms with E-state index in [1.54, 1.807) is 16.4 Å². The lowest BCUT2D eigenvalue weighted by atomic mass is 9.89. The van der Waals surface area contributed by atoms with Crippen molar-refractivity contribution >= 4 is 26.8 Å². The number of benzene rings is 3. The molecule has 0 aromatic heterocycles. The molecule has 1 saturated heterocycles. The Morgan fingerprint density at radius 3 is 2.41 bits per heavy atom. The van der Waals surface area contributed by atoms with Gasteiger partial charge in [0.15, 0.2) is 0 Å². The Bertz CT molecular complexity index is 1140. The average molecular weight is 410 g/mol. The fourth-order valence-electron chi connectivity index (χ4n) is 4.12. The summed E-state index contributed by atoms with van der Waals surface area (Å²) in [6, 6.07) is 20.6. The molecule has 1 aliphatic heterocycles. The first kappa shape index (κ1) is 19.6. The molecule has 3 aromatic rings. The van der Waals surface area contributed by atoms with Crippen LogP contribution in [0.15, 0.2) is 71.6 Å². The fourth-order valence-corrected chi connectivity index (χ4v) is 5.80. The molecule has 29 heavy (non-hydrogen) atoms. The van der Waals surface area contributed by atoms with Gasteiger partial charge in [0.25, 0.3) is 0 Å². The molecule has 1 N–H and O–H groups in total. The lowest BCUT2D eigenvalue weighted by Crippen LogP contribution is -2.38. The summed E-state index contributed by atoms with van der Waals surface area (Å²) >= 11 is 0. The van der Waals surface area contributed by atoms with Crippen LogP contribution in [0.2, 0.25) is 0 Å². The number of carboxylic acids is 1. The van der Waals surface area contributed by atoms with E-state index in [-0.39, 0.29) is 12.3 Å². The van der Waals surface area contributed by atoms with Crippen molar-refractivity contribution in [3.8, 4) is 0 Å². The van der Waals surface area contributed by atoms with E-state index in [4.69, 9.17) is 5.11 Å². The summed E-state index contributed by atoms with van der Waals surface area (Å²) in [5.74, 6) is -0.610. The summed E-state index contributed by atoms with van der Waals surface area (Å²) in [5.41, 5.74) is 1.87. The van der Waals surface area contributed by atoms with Crippen LogP contribution in [0.1, 0.15) is 29.9 Å². The smallest absolute Gasteiger partial charge is 0.307 e. The Morgan fingerprint density at radius 1 is 0.966 bits per heavy atom. The Labute approximate surface area is 170 Å². The van der Waals surface area contributed by atoms with Crippen molar-refractivity contribution in [2.45, 2.75) is 30.1 Å². The highest BCUT2D eigenvalue weighted by Crippen LogP contribution is 2.33. The molecule has 0 radical (unpaired) electrons. The van der Waals surface area contributed by atoms with Gasteiger partial charge in [0.2, 0.25) is 10.0 Å². The fraction of sp³-hybridized carbons (Fsp3) is 0.261. The van der Waals surface area contributed by atoms with Gasteiger partial charge >= 0.3 is 5.97 Å². The largest absolute Gasteiger partial charge is 0.481 e. The second kappa shape index (κ2) is 7.97. The van der Waals surface area contributed by atoms with Gasteiger partial charge in [-0.15, -0.1) is 0 Å². The van der Waals surface area contributed by atoms with Crippen LogP contribution >= 0.6 is 0 Å². The number of nitrogens with zero attached hydrogens (tertiary/aromatic N) is 1. The van der Waals surface area contributed by atoms with E-state index < -0.39 is 16.0 Å². The SMILES string of the molecule is O=C(O)Cc1cccc(C2CCN(S(=O)(=O)c3cccc4ccccc34)CC2)c1. The molecule has 4 rings (SSSR count). The molecule has 3 aromatic carbocycles. The minimum absolute atomic E-state index is 0.00213. The van der Waals surface area contributed by atoms with Crippen molar-refractivity contribution in [1.29, 1.82) is 0 Å². The summed E-state index contributed by atoms with van der Waals surface area (Å²) in [4.78, 5) is 11.3. The molecule has 0 saturated carbocycles. The van der Waals surface area contributed by atoms with Crippen molar-refractivity contribution in [1.82, 2.24) is 4.31 Å². The number of piperidine rings is 1. The second-order valence-corrected chi connectivity index (χ2v) is 9.38. The molecule has 1 fully saturated rings. The van der Waals surface area contributed by atoms with Crippen LogP contribution in [0.3, 0.4) is 0 Å². The highest BCUT2D eigenvalue weighted by Gasteiger charge is 2.31. The number of hydrogen-bond donors (Lipinski definition) is 1. The van der Waals surface area contributed by atoms with Gasteiger partial charge in [0.05, 0.1) is 11.3 Å². The molecule has 5 nitrogen and oxygen atoms in total. The molecule has 6 heteroatoms. The molecule has 0 unspecified atom stereocenters. The number of sulfonamides is 1. The van der Waals surface area contributed by atoms with E-state index in [9.17, 15) is 13.2 Å². The molecule has 0 bridgehead atoms. The summed E-state index contributed by atoms with van der Waals surface area (Å²) in [7, 11) is -3.56. The average Bonchev–Trinajstić information content (AvgIpc) is 2.73. The maximum absolute atomic E-state index is 13.3. The number of carbonyl (C=O) groups is 1. The molecular weight excluding hydrogens is 386 g/mol. The van der Waals surface area contributed by atoms with Crippen LogP contribution in [0, 0.1) is 0 Å². The zero-order valence-electron chi connectivity index (χ0n) is 16.0. The highest BCUT2D eigenvalue weighted by atomic mass is 32.2. The summed E-state index contributed by atoms with van der Waals surface area (Å²) in [6.07, 6.45) is 1.45. The van der Waals surface area contributed by atoms with Gasteiger partial charge in [0, 0.05) is 18.5 Å². The number of rotatable bonds is 5. The van der Waals surface area contributed by atoms with Gasteiger partial charge in [-0.3, -0.25) is 4.79 Å². The lowest BCUT2D eigenvalue weighted by Gasteiger charge is -2.32. The van der Waals surface area contributed by atoms with E-state index in [0.717, 1.165) is 34.7 Å². The molecular formula is C23H23NO4S. The Hall–Kier alpha value is -2.70. The molecule has 0 amide bonds. The van der Waals surface area contributed by atoms with Crippen molar-refractivity contribution in [2.24, 2.45) is 0 Å². The Kier molecular flexibility index (Phi) is 5.39. The van der Waals surface area contributed by atoms with Crippen LogP contribution in [-0.2, 0) is 21.2 Å². The number of aliphatic carboxylic acids is 1. The number of carboxylic acid groups (broad SMARTS) is 1.